The highest BCUT2D eigenvalue weighted by Gasteiger charge is 2.44. The number of ketones is 1. The molecule has 0 amide bonds. The fourth-order valence-electron chi connectivity index (χ4n) is 3.59. The fourth-order valence-corrected chi connectivity index (χ4v) is 4.16. The van der Waals surface area contributed by atoms with Crippen molar-refractivity contribution in [2.45, 2.75) is 50.4 Å². The Morgan fingerprint density at radius 1 is 1.06 bits per heavy atom. The first-order valence-electron chi connectivity index (χ1n) is 6.55. The Kier molecular flexibility index (Phi) is 2.86. The first-order valence-corrected chi connectivity index (χ1v) is 7.34. The lowest BCUT2D eigenvalue weighted by Crippen LogP contribution is -2.41. The Bertz CT molecular complexity index is 458. The van der Waals surface area contributed by atoms with Crippen molar-refractivity contribution in [2.75, 3.05) is 0 Å². The maximum atomic E-state index is 12.4. The molecule has 1 saturated carbocycles. The molecule has 17 heavy (non-hydrogen) atoms. The van der Waals surface area contributed by atoms with Gasteiger partial charge >= 0.3 is 0 Å². The summed E-state index contributed by atoms with van der Waals surface area (Å²) in [6, 6.07) is 6.37. The van der Waals surface area contributed by atoms with E-state index < -0.39 is 0 Å². The van der Waals surface area contributed by atoms with E-state index in [1.54, 1.807) is 0 Å². The average molecular weight is 293 g/mol. The molecule has 0 aromatic heterocycles. The van der Waals surface area contributed by atoms with Crippen LogP contribution in [0.5, 0.6) is 0 Å². The lowest BCUT2D eigenvalue weighted by atomic mass is 9.62. The topological polar surface area (TPSA) is 17.1 Å². The Balaban J connectivity index is 2.16. The number of Topliss-reactive ketones (excluding diaryl/α,β-unsaturated/α-hetero) is 1. The predicted molar refractivity (Wildman–Crippen MR) is 72.2 cm³/mol. The van der Waals surface area contributed by atoms with Crippen LogP contribution < -0.4 is 0 Å². The monoisotopic (exact) mass is 292 g/mol. The van der Waals surface area contributed by atoms with Crippen molar-refractivity contribution < 1.29 is 4.79 Å². The summed E-state index contributed by atoms with van der Waals surface area (Å²) in [5, 5.41) is 0. The van der Waals surface area contributed by atoms with Gasteiger partial charge in [-0.1, -0.05) is 47.3 Å². The van der Waals surface area contributed by atoms with Crippen LogP contribution in [0.15, 0.2) is 22.7 Å². The molecule has 0 radical (unpaired) electrons. The smallest absolute Gasteiger partial charge is 0.143 e. The van der Waals surface area contributed by atoms with Gasteiger partial charge in [0.05, 0.1) is 5.41 Å². The van der Waals surface area contributed by atoms with Crippen LogP contribution >= 0.6 is 15.9 Å². The van der Waals surface area contributed by atoms with Gasteiger partial charge in [0.15, 0.2) is 0 Å². The molecule has 0 bridgehead atoms. The molecule has 2 heteroatoms. The summed E-state index contributed by atoms with van der Waals surface area (Å²) in [6.45, 7) is 0. The van der Waals surface area contributed by atoms with E-state index in [1.165, 1.54) is 34.9 Å². The molecule has 1 spiro atoms. The minimum absolute atomic E-state index is 0.129. The zero-order chi connectivity index (χ0) is 11.9. The molecule has 1 nitrogen and oxygen atoms in total. The van der Waals surface area contributed by atoms with E-state index in [4.69, 9.17) is 0 Å². The summed E-state index contributed by atoms with van der Waals surface area (Å²) in [7, 11) is 0. The zero-order valence-corrected chi connectivity index (χ0v) is 11.6. The number of rotatable bonds is 0. The van der Waals surface area contributed by atoms with Crippen LogP contribution in [0.4, 0.5) is 0 Å². The van der Waals surface area contributed by atoms with Crippen molar-refractivity contribution in [3.05, 3.63) is 33.8 Å². The van der Waals surface area contributed by atoms with Gasteiger partial charge in [-0.3, -0.25) is 4.79 Å². The molecule has 1 aromatic carbocycles. The normalized spacial score (nSPS) is 22.5. The van der Waals surface area contributed by atoms with E-state index >= 15 is 0 Å². The lowest BCUT2D eigenvalue weighted by molar-refractivity contribution is -0.126. The van der Waals surface area contributed by atoms with Gasteiger partial charge in [0, 0.05) is 10.9 Å². The highest BCUT2D eigenvalue weighted by atomic mass is 79.9. The third-order valence-corrected chi connectivity index (χ3v) is 5.22. The summed E-state index contributed by atoms with van der Waals surface area (Å²) < 4.78 is 1.19. The van der Waals surface area contributed by atoms with Crippen LogP contribution in [-0.4, -0.2) is 5.78 Å². The number of benzene rings is 1. The van der Waals surface area contributed by atoms with E-state index in [2.05, 4.69) is 34.1 Å². The van der Waals surface area contributed by atoms with Crippen LogP contribution in [0.3, 0.4) is 0 Å². The van der Waals surface area contributed by atoms with Crippen LogP contribution in [0.2, 0.25) is 0 Å². The van der Waals surface area contributed by atoms with Crippen LogP contribution in [0.25, 0.3) is 0 Å². The summed E-state index contributed by atoms with van der Waals surface area (Å²) in [6.07, 6.45) is 7.48. The molecule has 0 unspecified atom stereocenters. The Morgan fingerprint density at radius 2 is 1.82 bits per heavy atom. The van der Waals surface area contributed by atoms with Crippen molar-refractivity contribution in [3.8, 4) is 0 Å². The average Bonchev–Trinajstić information content (AvgIpc) is 2.36. The molecule has 0 atom stereocenters. The number of halogens is 1. The fraction of sp³-hybridized carbons (Fsp3) is 0.533. The number of hydrogen-bond acceptors (Lipinski definition) is 1. The lowest BCUT2D eigenvalue weighted by Gasteiger charge is -2.41. The van der Waals surface area contributed by atoms with Crippen molar-refractivity contribution in [1.82, 2.24) is 0 Å². The van der Waals surface area contributed by atoms with Crippen LogP contribution in [0, 0.1) is 0 Å². The number of hydrogen-bond donors (Lipinski definition) is 0. The summed E-state index contributed by atoms with van der Waals surface area (Å²) >= 11 is 3.64. The number of fused-ring (bicyclic) bond motifs is 2. The maximum Gasteiger partial charge on any atom is 0.143 e. The second-order valence-corrected chi connectivity index (χ2v) is 6.19. The van der Waals surface area contributed by atoms with Crippen molar-refractivity contribution in [3.63, 3.8) is 0 Å². The van der Waals surface area contributed by atoms with Crippen LogP contribution in [-0.2, 0) is 16.6 Å². The highest BCUT2D eigenvalue weighted by molar-refractivity contribution is 9.10. The van der Waals surface area contributed by atoms with E-state index in [0.29, 0.717) is 5.78 Å². The largest absolute Gasteiger partial charge is 0.299 e. The zero-order valence-electron chi connectivity index (χ0n) is 9.97. The minimum Gasteiger partial charge on any atom is -0.299 e. The number of carbonyl (C=O) groups is 1. The van der Waals surface area contributed by atoms with Gasteiger partial charge in [0.1, 0.15) is 5.78 Å². The predicted octanol–water partition coefficient (Wildman–Crippen LogP) is 4.17. The first-order chi connectivity index (χ1) is 8.24. The SMILES string of the molecule is O=C1CCc2c(Br)cccc2C12CCCCC2. The molecule has 2 aliphatic rings. The van der Waals surface area contributed by atoms with Gasteiger partial charge in [0.25, 0.3) is 0 Å². The molecule has 0 N–H and O–H groups in total. The van der Waals surface area contributed by atoms with Gasteiger partial charge < -0.3 is 0 Å². The van der Waals surface area contributed by atoms with Crippen molar-refractivity contribution in [1.29, 1.82) is 0 Å². The highest BCUT2D eigenvalue weighted by Crippen LogP contribution is 2.46. The third kappa shape index (κ3) is 1.69. The van der Waals surface area contributed by atoms with Crippen LogP contribution in [0.1, 0.15) is 49.7 Å². The van der Waals surface area contributed by atoms with Gasteiger partial charge in [-0.15, -0.1) is 0 Å². The molecule has 1 aromatic rings. The molecule has 90 valence electrons. The van der Waals surface area contributed by atoms with E-state index in [1.807, 2.05) is 0 Å². The second-order valence-electron chi connectivity index (χ2n) is 5.33. The van der Waals surface area contributed by atoms with Crippen molar-refractivity contribution >= 4 is 21.7 Å². The molecule has 3 rings (SSSR count). The van der Waals surface area contributed by atoms with Crippen molar-refractivity contribution in [2.24, 2.45) is 0 Å². The molecule has 0 saturated heterocycles. The molecule has 0 heterocycles. The van der Waals surface area contributed by atoms with E-state index in [0.717, 1.165) is 25.7 Å². The summed E-state index contributed by atoms with van der Waals surface area (Å²) in [5.41, 5.74) is 2.58. The van der Waals surface area contributed by atoms with E-state index in [9.17, 15) is 4.79 Å². The molecule has 0 aliphatic heterocycles. The first kappa shape index (κ1) is 11.5. The Morgan fingerprint density at radius 3 is 2.59 bits per heavy atom. The van der Waals surface area contributed by atoms with Gasteiger partial charge in [-0.05, 0) is 36.5 Å². The molecular formula is C15H17BrO. The molecule has 1 fully saturated rings. The molecular weight excluding hydrogens is 276 g/mol. The van der Waals surface area contributed by atoms with Gasteiger partial charge in [-0.2, -0.15) is 0 Å². The third-order valence-electron chi connectivity index (χ3n) is 4.48. The van der Waals surface area contributed by atoms with E-state index in [-0.39, 0.29) is 5.41 Å². The quantitative estimate of drug-likeness (QED) is 0.701. The summed E-state index contributed by atoms with van der Waals surface area (Å²) in [4.78, 5) is 12.4. The minimum atomic E-state index is -0.129. The number of carbonyl (C=O) groups excluding carboxylic acids is 1. The Labute approximate surface area is 111 Å². The standard InChI is InChI=1S/C15H17BrO/c16-13-6-4-5-12-11(13)7-8-14(17)15(12)9-2-1-3-10-15/h4-6H,1-3,7-10H2. The van der Waals surface area contributed by atoms with Gasteiger partial charge in [0.2, 0.25) is 0 Å². The second kappa shape index (κ2) is 4.24. The molecule has 2 aliphatic carbocycles. The Hall–Kier alpha value is -0.630. The van der Waals surface area contributed by atoms with Gasteiger partial charge in [-0.25, -0.2) is 0 Å². The maximum absolute atomic E-state index is 12.4. The summed E-state index contributed by atoms with van der Waals surface area (Å²) in [5.74, 6) is 0.489.